The highest BCUT2D eigenvalue weighted by molar-refractivity contribution is 6.34. The second kappa shape index (κ2) is 6.13. The fourth-order valence-corrected chi connectivity index (χ4v) is 2.27. The Labute approximate surface area is 135 Å². The molecule has 0 bridgehead atoms. The molecule has 8 heteroatoms. The topological polar surface area (TPSA) is 72.7 Å². The monoisotopic (exact) mass is 333 g/mol. The SMILES string of the molecule is O=C(Nc1cccc(Cl)c1)c1cc(-n2cnnn2)ccc1Cl. The molecule has 1 aromatic heterocycles. The molecule has 1 heterocycles. The second-order valence-electron chi connectivity index (χ2n) is 4.38. The third-order valence-corrected chi connectivity index (χ3v) is 3.46. The van der Waals surface area contributed by atoms with E-state index in [0.717, 1.165) is 0 Å². The van der Waals surface area contributed by atoms with E-state index in [1.54, 1.807) is 42.5 Å². The van der Waals surface area contributed by atoms with E-state index in [4.69, 9.17) is 23.2 Å². The van der Waals surface area contributed by atoms with E-state index in [9.17, 15) is 4.79 Å². The molecule has 0 saturated carbocycles. The summed E-state index contributed by atoms with van der Waals surface area (Å²) in [5, 5.41) is 14.5. The Morgan fingerprint density at radius 1 is 1.14 bits per heavy atom. The van der Waals surface area contributed by atoms with Crippen LogP contribution in [0.15, 0.2) is 48.8 Å². The highest BCUT2D eigenvalue weighted by Crippen LogP contribution is 2.22. The molecule has 0 atom stereocenters. The smallest absolute Gasteiger partial charge is 0.257 e. The van der Waals surface area contributed by atoms with E-state index in [1.807, 2.05) is 0 Å². The summed E-state index contributed by atoms with van der Waals surface area (Å²) in [6.07, 6.45) is 1.43. The maximum Gasteiger partial charge on any atom is 0.257 e. The number of aromatic nitrogens is 4. The van der Waals surface area contributed by atoms with Gasteiger partial charge in [-0.2, -0.15) is 0 Å². The molecule has 1 amide bonds. The van der Waals surface area contributed by atoms with Crippen LogP contribution in [0.1, 0.15) is 10.4 Å². The number of hydrogen-bond donors (Lipinski definition) is 1. The molecule has 0 saturated heterocycles. The van der Waals surface area contributed by atoms with Crippen LogP contribution in [-0.4, -0.2) is 26.1 Å². The van der Waals surface area contributed by atoms with Gasteiger partial charge in [0.05, 0.1) is 16.3 Å². The number of amides is 1. The van der Waals surface area contributed by atoms with Crippen molar-refractivity contribution in [2.45, 2.75) is 0 Å². The van der Waals surface area contributed by atoms with Gasteiger partial charge in [0.15, 0.2) is 0 Å². The van der Waals surface area contributed by atoms with Crippen LogP contribution >= 0.6 is 23.2 Å². The number of carbonyl (C=O) groups is 1. The molecule has 2 aromatic carbocycles. The molecule has 110 valence electrons. The minimum Gasteiger partial charge on any atom is -0.322 e. The second-order valence-corrected chi connectivity index (χ2v) is 5.23. The molecule has 0 fully saturated rings. The van der Waals surface area contributed by atoms with Crippen molar-refractivity contribution in [3.05, 3.63) is 64.4 Å². The maximum absolute atomic E-state index is 12.4. The molecule has 3 aromatic rings. The first-order valence-corrected chi connectivity index (χ1v) is 6.99. The number of anilines is 1. The number of nitrogens with one attached hydrogen (secondary N) is 1. The van der Waals surface area contributed by atoms with E-state index < -0.39 is 0 Å². The summed E-state index contributed by atoms with van der Waals surface area (Å²) in [5.41, 5.74) is 1.53. The third kappa shape index (κ3) is 3.08. The van der Waals surface area contributed by atoms with Crippen LogP contribution in [0, 0.1) is 0 Å². The summed E-state index contributed by atoms with van der Waals surface area (Å²) in [5.74, 6) is -0.345. The summed E-state index contributed by atoms with van der Waals surface area (Å²) in [7, 11) is 0. The van der Waals surface area contributed by atoms with Crippen molar-refractivity contribution in [2.24, 2.45) is 0 Å². The molecule has 0 radical (unpaired) electrons. The van der Waals surface area contributed by atoms with Crippen molar-refractivity contribution in [2.75, 3.05) is 5.32 Å². The van der Waals surface area contributed by atoms with Gasteiger partial charge in [0.1, 0.15) is 6.33 Å². The van der Waals surface area contributed by atoms with Crippen LogP contribution in [0.4, 0.5) is 5.69 Å². The van der Waals surface area contributed by atoms with Crippen molar-refractivity contribution in [1.29, 1.82) is 0 Å². The molecule has 3 rings (SSSR count). The molecule has 0 unspecified atom stereocenters. The summed E-state index contributed by atoms with van der Waals surface area (Å²) in [6.45, 7) is 0. The zero-order valence-corrected chi connectivity index (χ0v) is 12.6. The lowest BCUT2D eigenvalue weighted by Crippen LogP contribution is -2.13. The maximum atomic E-state index is 12.4. The standard InChI is InChI=1S/C14H9Cl2N5O/c15-9-2-1-3-10(6-9)18-14(22)12-7-11(4-5-13(12)16)21-8-17-19-20-21/h1-8H,(H,18,22). The van der Waals surface area contributed by atoms with Crippen LogP contribution in [0.25, 0.3) is 5.69 Å². The average Bonchev–Trinajstić information content (AvgIpc) is 3.02. The van der Waals surface area contributed by atoms with E-state index in [0.29, 0.717) is 27.0 Å². The molecule has 6 nitrogen and oxygen atoms in total. The normalized spacial score (nSPS) is 10.5. The van der Waals surface area contributed by atoms with Gasteiger partial charge in [0, 0.05) is 10.7 Å². The highest BCUT2D eigenvalue weighted by atomic mass is 35.5. The zero-order valence-electron chi connectivity index (χ0n) is 11.1. The zero-order chi connectivity index (χ0) is 15.5. The van der Waals surface area contributed by atoms with Gasteiger partial charge >= 0.3 is 0 Å². The van der Waals surface area contributed by atoms with Crippen LogP contribution in [0.2, 0.25) is 10.0 Å². The van der Waals surface area contributed by atoms with Gasteiger partial charge in [-0.1, -0.05) is 29.3 Å². The van der Waals surface area contributed by atoms with Crippen LogP contribution in [0.5, 0.6) is 0 Å². The van der Waals surface area contributed by atoms with Crippen molar-refractivity contribution >= 4 is 34.8 Å². The lowest BCUT2D eigenvalue weighted by Gasteiger charge is -2.09. The van der Waals surface area contributed by atoms with Gasteiger partial charge in [-0.3, -0.25) is 4.79 Å². The van der Waals surface area contributed by atoms with Gasteiger partial charge in [0.25, 0.3) is 5.91 Å². The summed E-state index contributed by atoms with van der Waals surface area (Å²) in [4.78, 5) is 12.4. The minimum absolute atomic E-state index is 0.314. The molecular formula is C14H9Cl2N5O. The van der Waals surface area contributed by atoms with Gasteiger partial charge in [-0.05, 0) is 46.8 Å². The number of benzene rings is 2. The Morgan fingerprint density at radius 3 is 2.73 bits per heavy atom. The van der Waals surface area contributed by atoms with Gasteiger partial charge < -0.3 is 5.32 Å². The van der Waals surface area contributed by atoms with Gasteiger partial charge in [0.2, 0.25) is 0 Å². The lowest BCUT2D eigenvalue weighted by atomic mass is 10.1. The summed E-state index contributed by atoms with van der Waals surface area (Å²) in [6, 6.07) is 11.8. The molecule has 0 aliphatic heterocycles. The molecule has 1 N–H and O–H groups in total. The van der Waals surface area contributed by atoms with Crippen molar-refractivity contribution < 1.29 is 4.79 Å². The Hall–Kier alpha value is -2.44. The fourth-order valence-electron chi connectivity index (χ4n) is 1.87. The van der Waals surface area contributed by atoms with E-state index >= 15 is 0 Å². The van der Waals surface area contributed by atoms with Crippen molar-refractivity contribution in [1.82, 2.24) is 20.2 Å². The number of halogens is 2. The van der Waals surface area contributed by atoms with E-state index in [1.165, 1.54) is 11.0 Å². The predicted molar refractivity (Wildman–Crippen MR) is 83.6 cm³/mol. The first-order chi connectivity index (χ1) is 10.6. The predicted octanol–water partition coefficient (Wildman–Crippen LogP) is 3.22. The van der Waals surface area contributed by atoms with Crippen LogP contribution < -0.4 is 5.32 Å². The minimum atomic E-state index is -0.345. The molecule has 22 heavy (non-hydrogen) atoms. The Bertz CT molecular complexity index is 820. The third-order valence-electron chi connectivity index (χ3n) is 2.89. The van der Waals surface area contributed by atoms with Crippen LogP contribution in [0.3, 0.4) is 0 Å². The molecule has 0 spiro atoms. The Kier molecular flexibility index (Phi) is 4.04. The number of rotatable bonds is 3. The summed E-state index contributed by atoms with van der Waals surface area (Å²) >= 11 is 12.0. The Balaban J connectivity index is 1.90. The average molecular weight is 334 g/mol. The van der Waals surface area contributed by atoms with Crippen molar-refractivity contribution in [3.8, 4) is 5.69 Å². The lowest BCUT2D eigenvalue weighted by molar-refractivity contribution is 0.102. The quantitative estimate of drug-likeness (QED) is 0.798. The van der Waals surface area contributed by atoms with Gasteiger partial charge in [-0.25, -0.2) is 4.68 Å². The first kappa shape index (κ1) is 14.5. The molecule has 0 aliphatic rings. The number of tetrazole rings is 1. The molecular weight excluding hydrogens is 325 g/mol. The highest BCUT2D eigenvalue weighted by Gasteiger charge is 2.13. The van der Waals surface area contributed by atoms with E-state index in [2.05, 4.69) is 20.8 Å². The number of nitrogens with zero attached hydrogens (tertiary/aromatic N) is 4. The fraction of sp³-hybridized carbons (Fsp3) is 0. The Morgan fingerprint density at radius 2 is 2.00 bits per heavy atom. The largest absolute Gasteiger partial charge is 0.322 e. The first-order valence-electron chi connectivity index (χ1n) is 6.23. The number of carbonyl (C=O) groups excluding carboxylic acids is 1. The van der Waals surface area contributed by atoms with Crippen molar-refractivity contribution in [3.63, 3.8) is 0 Å². The number of hydrogen-bond acceptors (Lipinski definition) is 4. The molecule has 0 aliphatic carbocycles. The van der Waals surface area contributed by atoms with Gasteiger partial charge in [-0.15, -0.1) is 5.10 Å². The summed E-state index contributed by atoms with van der Waals surface area (Å²) < 4.78 is 1.44. The van der Waals surface area contributed by atoms with E-state index in [-0.39, 0.29) is 5.91 Å². The van der Waals surface area contributed by atoms with Crippen LogP contribution in [-0.2, 0) is 0 Å².